The fraction of sp³-hybridized carbons (Fsp3) is 0.846. The highest BCUT2D eigenvalue weighted by Gasteiger charge is 2.18. The molecular formula is C13H26N2. The Morgan fingerprint density at radius 1 is 1.47 bits per heavy atom. The summed E-state index contributed by atoms with van der Waals surface area (Å²) < 4.78 is 0. The fourth-order valence-corrected chi connectivity index (χ4v) is 2.33. The maximum Gasteiger partial charge on any atom is 0.0189 e. The molecule has 1 atom stereocenters. The minimum atomic E-state index is 0.630. The minimum absolute atomic E-state index is 0.630. The predicted octanol–water partition coefficient (Wildman–Crippen LogP) is 2.27. The van der Waals surface area contributed by atoms with Gasteiger partial charge in [-0.25, -0.2) is 0 Å². The Kier molecular flexibility index (Phi) is 5.96. The molecule has 1 rings (SSSR count). The molecule has 1 N–H and O–H groups in total. The predicted molar refractivity (Wildman–Crippen MR) is 67.1 cm³/mol. The topological polar surface area (TPSA) is 15.3 Å². The van der Waals surface area contributed by atoms with Crippen LogP contribution in [0.15, 0.2) is 12.7 Å². The van der Waals surface area contributed by atoms with Gasteiger partial charge in [-0.1, -0.05) is 18.9 Å². The zero-order valence-electron chi connectivity index (χ0n) is 10.3. The van der Waals surface area contributed by atoms with Gasteiger partial charge in [0.1, 0.15) is 0 Å². The van der Waals surface area contributed by atoms with Gasteiger partial charge in [-0.2, -0.15) is 0 Å². The molecule has 0 aromatic carbocycles. The highest BCUT2D eigenvalue weighted by molar-refractivity contribution is 4.76. The van der Waals surface area contributed by atoms with Gasteiger partial charge in [0.05, 0.1) is 0 Å². The highest BCUT2D eigenvalue weighted by atomic mass is 15.1. The molecule has 2 heteroatoms. The third-order valence-corrected chi connectivity index (χ3v) is 3.50. The number of hydrogen-bond acceptors (Lipinski definition) is 2. The van der Waals surface area contributed by atoms with E-state index in [9.17, 15) is 0 Å². The maximum atomic E-state index is 3.71. The summed E-state index contributed by atoms with van der Waals surface area (Å²) >= 11 is 0. The normalized spacial score (nSPS) is 19.7. The number of rotatable bonds is 7. The Morgan fingerprint density at radius 2 is 2.13 bits per heavy atom. The third-order valence-electron chi connectivity index (χ3n) is 3.50. The molecule has 1 fully saturated rings. The molecule has 0 bridgehead atoms. The van der Waals surface area contributed by atoms with Crippen LogP contribution < -0.4 is 5.32 Å². The standard InChI is InChI=1S/C13H26N2/c1-4-9-14-10-12(2)15(3)11-13-7-5-6-8-13/h4,12-14H,1,5-11H2,2-3H3. The molecule has 1 aliphatic rings. The van der Waals surface area contributed by atoms with Crippen LogP contribution in [0.4, 0.5) is 0 Å². The Hall–Kier alpha value is -0.340. The molecule has 0 amide bonds. The van der Waals surface area contributed by atoms with Gasteiger partial charge in [-0.15, -0.1) is 6.58 Å². The molecule has 1 aliphatic carbocycles. The van der Waals surface area contributed by atoms with Crippen LogP contribution >= 0.6 is 0 Å². The summed E-state index contributed by atoms with van der Waals surface area (Å²) in [7, 11) is 2.25. The SMILES string of the molecule is C=CCNCC(C)N(C)CC1CCCC1. The molecule has 2 nitrogen and oxygen atoms in total. The average molecular weight is 210 g/mol. The average Bonchev–Trinajstić information content (AvgIpc) is 2.70. The van der Waals surface area contributed by atoms with Gasteiger partial charge in [0.25, 0.3) is 0 Å². The van der Waals surface area contributed by atoms with Crippen LogP contribution in [0.1, 0.15) is 32.6 Å². The first kappa shape index (κ1) is 12.7. The van der Waals surface area contributed by atoms with Crippen molar-refractivity contribution in [3.63, 3.8) is 0 Å². The molecule has 0 saturated heterocycles. The summed E-state index contributed by atoms with van der Waals surface area (Å²) in [6.45, 7) is 9.26. The van der Waals surface area contributed by atoms with Gasteiger partial charge in [-0.05, 0) is 32.7 Å². The smallest absolute Gasteiger partial charge is 0.0189 e. The molecular weight excluding hydrogens is 184 g/mol. The van der Waals surface area contributed by atoms with Crippen molar-refractivity contribution in [1.82, 2.24) is 10.2 Å². The third kappa shape index (κ3) is 4.80. The number of likely N-dealkylation sites (N-methyl/N-ethyl adjacent to an activating group) is 1. The van der Waals surface area contributed by atoms with Crippen LogP contribution in [0.3, 0.4) is 0 Å². The number of nitrogens with one attached hydrogen (secondary N) is 1. The number of hydrogen-bond donors (Lipinski definition) is 1. The van der Waals surface area contributed by atoms with E-state index in [-0.39, 0.29) is 0 Å². The molecule has 0 heterocycles. The van der Waals surface area contributed by atoms with E-state index in [0.29, 0.717) is 6.04 Å². The second-order valence-electron chi connectivity index (χ2n) is 4.89. The quantitative estimate of drug-likeness (QED) is 0.512. The van der Waals surface area contributed by atoms with E-state index >= 15 is 0 Å². The van der Waals surface area contributed by atoms with Crippen molar-refractivity contribution in [3.05, 3.63) is 12.7 Å². The summed E-state index contributed by atoms with van der Waals surface area (Å²) in [5.74, 6) is 0.955. The van der Waals surface area contributed by atoms with Crippen molar-refractivity contribution in [1.29, 1.82) is 0 Å². The van der Waals surface area contributed by atoms with Gasteiger partial charge in [0.2, 0.25) is 0 Å². The molecule has 0 radical (unpaired) electrons. The molecule has 0 aromatic rings. The van der Waals surface area contributed by atoms with E-state index < -0.39 is 0 Å². The van der Waals surface area contributed by atoms with Crippen molar-refractivity contribution in [2.45, 2.75) is 38.6 Å². The molecule has 0 aromatic heterocycles. The summed E-state index contributed by atoms with van der Waals surface area (Å²) in [5, 5.41) is 3.38. The Morgan fingerprint density at radius 3 is 2.73 bits per heavy atom. The van der Waals surface area contributed by atoms with Crippen LogP contribution in [-0.2, 0) is 0 Å². The summed E-state index contributed by atoms with van der Waals surface area (Å²) in [5.41, 5.74) is 0. The van der Waals surface area contributed by atoms with E-state index in [0.717, 1.165) is 19.0 Å². The maximum absolute atomic E-state index is 3.71. The molecule has 15 heavy (non-hydrogen) atoms. The Bertz CT molecular complexity index is 173. The van der Waals surface area contributed by atoms with Crippen molar-refractivity contribution in [2.24, 2.45) is 5.92 Å². The Balaban J connectivity index is 2.13. The van der Waals surface area contributed by atoms with Crippen LogP contribution in [0.25, 0.3) is 0 Å². The fourth-order valence-electron chi connectivity index (χ4n) is 2.33. The highest BCUT2D eigenvalue weighted by Crippen LogP contribution is 2.25. The van der Waals surface area contributed by atoms with Crippen LogP contribution in [0.2, 0.25) is 0 Å². The van der Waals surface area contributed by atoms with Crippen LogP contribution in [0, 0.1) is 5.92 Å². The van der Waals surface area contributed by atoms with Crippen molar-refractivity contribution >= 4 is 0 Å². The molecule has 0 aliphatic heterocycles. The lowest BCUT2D eigenvalue weighted by molar-refractivity contribution is 0.216. The van der Waals surface area contributed by atoms with Gasteiger partial charge >= 0.3 is 0 Å². The van der Waals surface area contributed by atoms with Crippen molar-refractivity contribution in [2.75, 3.05) is 26.7 Å². The van der Waals surface area contributed by atoms with Gasteiger partial charge in [0, 0.05) is 25.7 Å². The lowest BCUT2D eigenvalue weighted by Gasteiger charge is -2.27. The van der Waals surface area contributed by atoms with Crippen molar-refractivity contribution < 1.29 is 0 Å². The van der Waals surface area contributed by atoms with Gasteiger partial charge in [0.15, 0.2) is 0 Å². The van der Waals surface area contributed by atoms with E-state index in [1.54, 1.807) is 0 Å². The van der Waals surface area contributed by atoms with Crippen LogP contribution in [0.5, 0.6) is 0 Å². The van der Waals surface area contributed by atoms with Gasteiger partial charge < -0.3 is 10.2 Å². The molecule has 1 saturated carbocycles. The first-order chi connectivity index (χ1) is 7.24. The minimum Gasteiger partial charge on any atom is -0.312 e. The lowest BCUT2D eigenvalue weighted by atomic mass is 10.1. The molecule has 88 valence electrons. The van der Waals surface area contributed by atoms with Crippen molar-refractivity contribution in [3.8, 4) is 0 Å². The first-order valence-corrected chi connectivity index (χ1v) is 6.26. The summed E-state index contributed by atoms with van der Waals surface area (Å²) in [6, 6.07) is 0.630. The zero-order valence-corrected chi connectivity index (χ0v) is 10.3. The molecule has 0 spiro atoms. The van der Waals surface area contributed by atoms with E-state index in [1.807, 2.05) is 6.08 Å². The second kappa shape index (κ2) is 7.02. The first-order valence-electron chi connectivity index (χ1n) is 6.26. The second-order valence-corrected chi connectivity index (χ2v) is 4.89. The van der Waals surface area contributed by atoms with E-state index in [2.05, 4.69) is 30.8 Å². The van der Waals surface area contributed by atoms with E-state index in [4.69, 9.17) is 0 Å². The summed E-state index contributed by atoms with van der Waals surface area (Å²) in [6.07, 6.45) is 7.70. The Labute approximate surface area is 94.7 Å². The lowest BCUT2D eigenvalue weighted by Crippen LogP contribution is -2.40. The molecule has 1 unspecified atom stereocenters. The number of nitrogens with zero attached hydrogens (tertiary/aromatic N) is 1. The van der Waals surface area contributed by atoms with Crippen LogP contribution in [-0.4, -0.2) is 37.6 Å². The largest absolute Gasteiger partial charge is 0.312 e. The zero-order chi connectivity index (χ0) is 11.1. The monoisotopic (exact) mass is 210 g/mol. The van der Waals surface area contributed by atoms with Gasteiger partial charge in [-0.3, -0.25) is 0 Å². The summed E-state index contributed by atoms with van der Waals surface area (Å²) in [4.78, 5) is 2.49. The van der Waals surface area contributed by atoms with E-state index in [1.165, 1.54) is 32.2 Å².